The van der Waals surface area contributed by atoms with Crippen LogP contribution in [0.15, 0.2) is 35.6 Å². The molecule has 0 bridgehead atoms. The second-order valence-corrected chi connectivity index (χ2v) is 7.36. The number of piperazine rings is 1. The summed E-state index contributed by atoms with van der Waals surface area (Å²) in [7, 11) is 0. The van der Waals surface area contributed by atoms with Crippen molar-refractivity contribution in [1.29, 1.82) is 0 Å². The van der Waals surface area contributed by atoms with E-state index in [0.29, 0.717) is 0 Å². The zero-order chi connectivity index (χ0) is 19.8. The van der Waals surface area contributed by atoms with Gasteiger partial charge in [0.15, 0.2) is 5.96 Å². The van der Waals surface area contributed by atoms with Crippen LogP contribution in [0.5, 0.6) is 0 Å². The van der Waals surface area contributed by atoms with Crippen LogP contribution in [0.25, 0.3) is 0 Å². The summed E-state index contributed by atoms with van der Waals surface area (Å²) in [6.07, 6.45) is 2.67. The summed E-state index contributed by atoms with van der Waals surface area (Å²) in [5.41, 5.74) is 1.27. The van der Waals surface area contributed by atoms with Gasteiger partial charge in [0, 0.05) is 57.3 Å². The third-order valence-electron chi connectivity index (χ3n) is 4.92. The van der Waals surface area contributed by atoms with Crippen molar-refractivity contribution in [3.63, 3.8) is 0 Å². The fraction of sp³-hybridized carbons (Fsp3) is 0.550. The molecule has 2 aromatic rings. The standard InChI is InChI=1S/C20H30ClN7.HI/c1-3-19-25-24-16-28(19)9-8-23-20(22-4-2)27-12-10-26(11-13-27)15-17-6-5-7-18(21)14-17;/h5-7,14,16H,3-4,8-13,15H2,1-2H3,(H,22,23);1H. The molecule has 29 heavy (non-hydrogen) atoms. The van der Waals surface area contributed by atoms with Gasteiger partial charge in [0.05, 0.1) is 6.54 Å². The third-order valence-corrected chi connectivity index (χ3v) is 5.15. The Hall–Kier alpha value is -1.39. The zero-order valence-electron chi connectivity index (χ0n) is 17.2. The Kier molecular flexibility index (Phi) is 10.2. The molecule has 1 aromatic heterocycles. The number of hydrogen-bond donors (Lipinski definition) is 1. The highest BCUT2D eigenvalue weighted by atomic mass is 127. The molecule has 9 heteroatoms. The highest BCUT2D eigenvalue weighted by Gasteiger charge is 2.19. The monoisotopic (exact) mass is 531 g/mol. The first-order chi connectivity index (χ1) is 13.7. The maximum absolute atomic E-state index is 6.11. The summed E-state index contributed by atoms with van der Waals surface area (Å²) >= 11 is 6.11. The second kappa shape index (κ2) is 12.3. The van der Waals surface area contributed by atoms with Crippen LogP contribution >= 0.6 is 35.6 Å². The fourth-order valence-corrected chi connectivity index (χ4v) is 3.65. The molecule has 1 aliphatic heterocycles. The molecular formula is C20H31ClIN7. The minimum atomic E-state index is 0. The van der Waals surface area contributed by atoms with Gasteiger partial charge in [-0.1, -0.05) is 30.7 Å². The number of halogens is 2. The van der Waals surface area contributed by atoms with Gasteiger partial charge in [-0.3, -0.25) is 9.89 Å². The molecule has 1 saturated heterocycles. The lowest BCUT2D eigenvalue weighted by atomic mass is 10.2. The molecule has 0 amide bonds. The number of nitrogens with zero attached hydrogens (tertiary/aromatic N) is 6. The molecular weight excluding hydrogens is 501 g/mol. The number of benzene rings is 1. The minimum absolute atomic E-state index is 0. The quantitative estimate of drug-likeness (QED) is 0.338. The van der Waals surface area contributed by atoms with Crippen LogP contribution in [-0.2, 0) is 19.5 Å². The van der Waals surface area contributed by atoms with Gasteiger partial charge in [-0.2, -0.15) is 0 Å². The molecule has 1 aromatic carbocycles. The van der Waals surface area contributed by atoms with Crippen LogP contribution < -0.4 is 5.32 Å². The molecule has 0 radical (unpaired) electrons. The molecule has 1 aliphatic rings. The fourth-order valence-electron chi connectivity index (χ4n) is 3.44. The molecule has 1 N–H and O–H groups in total. The van der Waals surface area contributed by atoms with E-state index >= 15 is 0 Å². The Morgan fingerprint density at radius 1 is 1.21 bits per heavy atom. The van der Waals surface area contributed by atoms with E-state index in [0.717, 1.165) is 75.6 Å². The maximum Gasteiger partial charge on any atom is 0.194 e. The van der Waals surface area contributed by atoms with Crippen molar-refractivity contribution in [2.45, 2.75) is 33.4 Å². The molecule has 1 fully saturated rings. The van der Waals surface area contributed by atoms with Crippen LogP contribution in [-0.4, -0.2) is 69.8 Å². The van der Waals surface area contributed by atoms with E-state index < -0.39 is 0 Å². The van der Waals surface area contributed by atoms with Crippen molar-refractivity contribution in [1.82, 2.24) is 29.9 Å². The van der Waals surface area contributed by atoms with Gasteiger partial charge in [-0.25, -0.2) is 0 Å². The summed E-state index contributed by atoms with van der Waals surface area (Å²) < 4.78 is 2.08. The molecule has 2 heterocycles. The molecule has 7 nitrogen and oxygen atoms in total. The zero-order valence-corrected chi connectivity index (χ0v) is 20.3. The van der Waals surface area contributed by atoms with E-state index in [1.54, 1.807) is 6.33 Å². The first-order valence-electron chi connectivity index (χ1n) is 10.1. The van der Waals surface area contributed by atoms with Crippen molar-refractivity contribution in [2.24, 2.45) is 4.99 Å². The number of aryl methyl sites for hydroxylation is 1. The Morgan fingerprint density at radius 2 is 2.00 bits per heavy atom. The van der Waals surface area contributed by atoms with Crippen LogP contribution in [0.1, 0.15) is 25.2 Å². The van der Waals surface area contributed by atoms with Gasteiger partial charge in [-0.05, 0) is 24.6 Å². The average molecular weight is 532 g/mol. The van der Waals surface area contributed by atoms with Crippen molar-refractivity contribution in [3.05, 3.63) is 47.0 Å². The largest absolute Gasteiger partial charge is 0.357 e. The normalized spacial score (nSPS) is 15.3. The van der Waals surface area contributed by atoms with Crippen LogP contribution in [0.2, 0.25) is 5.02 Å². The Bertz CT molecular complexity index is 772. The number of aliphatic imine (C=N–C) groups is 1. The SMILES string of the molecule is CCNC(=NCCn1cnnc1CC)N1CCN(Cc2cccc(Cl)c2)CC1.I. The average Bonchev–Trinajstić information content (AvgIpc) is 3.15. The topological polar surface area (TPSA) is 61.6 Å². The number of hydrogen-bond acceptors (Lipinski definition) is 4. The van der Waals surface area contributed by atoms with E-state index in [1.807, 2.05) is 12.1 Å². The first kappa shape index (κ1) is 23.9. The first-order valence-corrected chi connectivity index (χ1v) is 10.4. The van der Waals surface area contributed by atoms with Gasteiger partial charge in [0.25, 0.3) is 0 Å². The minimum Gasteiger partial charge on any atom is -0.357 e. The number of aromatic nitrogens is 3. The number of guanidine groups is 1. The number of rotatable bonds is 7. The molecule has 0 unspecified atom stereocenters. The second-order valence-electron chi connectivity index (χ2n) is 6.92. The lowest BCUT2D eigenvalue weighted by Crippen LogP contribution is -2.52. The van der Waals surface area contributed by atoms with Crippen molar-refractivity contribution in [2.75, 3.05) is 39.3 Å². The highest BCUT2D eigenvalue weighted by Crippen LogP contribution is 2.14. The van der Waals surface area contributed by atoms with E-state index in [2.05, 4.69) is 55.9 Å². The maximum atomic E-state index is 6.11. The summed E-state index contributed by atoms with van der Waals surface area (Å²) in [5, 5.41) is 12.4. The molecule has 0 aliphatic carbocycles. The summed E-state index contributed by atoms with van der Waals surface area (Å²) in [6, 6.07) is 8.13. The van der Waals surface area contributed by atoms with E-state index in [4.69, 9.17) is 16.6 Å². The predicted octanol–water partition coefficient (Wildman–Crippen LogP) is 2.90. The van der Waals surface area contributed by atoms with Crippen LogP contribution in [0, 0.1) is 0 Å². The molecule has 0 atom stereocenters. The van der Waals surface area contributed by atoms with Gasteiger partial charge >= 0.3 is 0 Å². The van der Waals surface area contributed by atoms with Gasteiger partial charge in [-0.15, -0.1) is 34.2 Å². The van der Waals surface area contributed by atoms with Crippen molar-refractivity contribution < 1.29 is 0 Å². The molecule has 3 rings (SSSR count). The third kappa shape index (κ3) is 7.11. The van der Waals surface area contributed by atoms with E-state index in [1.165, 1.54) is 5.56 Å². The molecule has 0 spiro atoms. The highest BCUT2D eigenvalue weighted by molar-refractivity contribution is 14.0. The van der Waals surface area contributed by atoms with E-state index in [-0.39, 0.29) is 24.0 Å². The van der Waals surface area contributed by atoms with Crippen LogP contribution in [0.3, 0.4) is 0 Å². The molecule has 160 valence electrons. The lowest BCUT2D eigenvalue weighted by molar-refractivity contribution is 0.172. The predicted molar refractivity (Wildman–Crippen MR) is 129 cm³/mol. The summed E-state index contributed by atoms with van der Waals surface area (Å²) in [6.45, 7) is 11.5. The van der Waals surface area contributed by atoms with Crippen molar-refractivity contribution >= 4 is 41.5 Å². The summed E-state index contributed by atoms with van der Waals surface area (Å²) in [5.74, 6) is 2.01. The van der Waals surface area contributed by atoms with Gasteiger partial charge in [0.1, 0.15) is 12.2 Å². The number of nitrogens with one attached hydrogen (secondary N) is 1. The Morgan fingerprint density at radius 3 is 2.69 bits per heavy atom. The Balaban J connectivity index is 0.00000300. The van der Waals surface area contributed by atoms with Gasteiger partial charge in [0.2, 0.25) is 0 Å². The smallest absolute Gasteiger partial charge is 0.194 e. The Labute approximate surface area is 195 Å². The van der Waals surface area contributed by atoms with E-state index in [9.17, 15) is 0 Å². The summed E-state index contributed by atoms with van der Waals surface area (Å²) in [4.78, 5) is 9.65. The molecule has 0 saturated carbocycles. The lowest BCUT2D eigenvalue weighted by Gasteiger charge is -2.36. The van der Waals surface area contributed by atoms with Crippen LogP contribution in [0.4, 0.5) is 0 Å². The van der Waals surface area contributed by atoms with Gasteiger partial charge < -0.3 is 14.8 Å². The van der Waals surface area contributed by atoms with Crippen molar-refractivity contribution in [3.8, 4) is 0 Å².